The summed E-state index contributed by atoms with van der Waals surface area (Å²) in [6.07, 6.45) is 1.44. The van der Waals surface area contributed by atoms with E-state index in [9.17, 15) is 9.59 Å². The fourth-order valence-corrected chi connectivity index (χ4v) is 3.82. The first-order valence-electron chi connectivity index (χ1n) is 9.78. The Kier molecular flexibility index (Phi) is 7.19. The number of thiophene rings is 1. The first-order chi connectivity index (χ1) is 14.1. The van der Waals surface area contributed by atoms with E-state index in [1.165, 1.54) is 5.56 Å². The molecule has 3 rings (SSSR count). The molecular formula is C24H25NO3S. The Hall–Kier alpha value is -2.92. The average Bonchev–Trinajstić information content (AvgIpc) is 3.30. The van der Waals surface area contributed by atoms with E-state index in [1.54, 1.807) is 35.6 Å². The van der Waals surface area contributed by atoms with Crippen molar-refractivity contribution in [1.82, 2.24) is 5.32 Å². The van der Waals surface area contributed by atoms with Crippen LogP contribution in [0.25, 0.3) is 0 Å². The topological polar surface area (TPSA) is 55.4 Å². The molecule has 0 fully saturated rings. The van der Waals surface area contributed by atoms with Crippen molar-refractivity contribution in [1.29, 1.82) is 0 Å². The smallest absolute Gasteiger partial charge is 0.258 e. The van der Waals surface area contributed by atoms with Crippen LogP contribution < -0.4 is 10.1 Å². The molecular weight excluding hydrogens is 382 g/mol. The highest BCUT2D eigenvalue weighted by Crippen LogP contribution is 2.26. The number of ether oxygens (including phenoxy) is 1. The SMILES string of the molecule is CCC(=O)c1ccc(OCC(=O)N[C@@H](c2ccc(CC)cc2)c2cccs2)cc1. The van der Waals surface area contributed by atoms with Crippen LogP contribution in [0.15, 0.2) is 66.0 Å². The van der Waals surface area contributed by atoms with Gasteiger partial charge in [0.2, 0.25) is 0 Å². The maximum atomic E-state index is 12.6. The van der Waals surface area contributed by atoms with E-state index in [-0.39, 0.29) is 24.3 Å². The van der Waals surface area contributed by atoms with Gasteiger partial charge in [0, 0.05) is 16.9 Å². The van der Waals surface area contributed by atoms with E-state index < -0.39 is 0 Å². The Morgan fingerprint density at radius 2 is 1.72 bits per heavy atom. The average molecular weight is 408 g/mol. The molecule has 0 spiro atoms. The highest BCUT2D eigenvalue weighted by Gasteiger charge is 2.18. The Morgan fingerprint density at radius 3 is 2.31 bits per heavy atom. The Labute approximate surface area is 175 Å². The van der Waals surface area contributed by atoms with Crippen LogP contribution in [0, 0.1) is 0 Å². The lowest BCUT2D eigenvalue weighted by Crippen LogP contribution is -2.32. The summed E-state index contributed by atoms with van der Waals surface area (Å²) in [5, 5.41) is 5.08. The van der Waals surface area contributed by atoms with Crippen molar-refractivity contribution in [3.63, 3.8) is 0 Å². The van der Waals surface area contributed by atoms with Crippen LogP contribution >= 0.6 is 11.3 Å². The molecule has 3 aromatic rings. The predicted molar refractivity (Wildman–Crippen MR) is 117 cm³/mol. The Bertz CT molecular complexity index is 931. The number of ketones is 1. The summed E-state index contributed by atoms with van der Waals surface area (Å²) in [7, 11) is 0. The number of carbonyl (C=O) groups is 2. The van der Waals surface area contributed by atoms with Gasteiger partial charge in [-0.2, -0.15) is 0 Å². The number of carbonyl (C=O) groups excluding carboxylic acids is 2. The number of Topliss-reactive ketones (excluding diaryl/α,β-unsaturated/α-hetero) is 1. The van der Waals surface area contributed by atoms with Gasteiger partial charge < -0.3 is 10.1 Å². The molecule has 5 heteroatoms. The first kappa shape index (κ1) is 20.8. The lowest BCUT2D eigenvalue weighted by atomic mass is 10.0. The number of benzene rings is 2. The molecule has 2 aromatic carbocycles. The maximum absolute atomic E-state index is 12.6. The van der Waals surface area contributed by atoms with Gasteiger partial charge in [0.15, 0.2) is 12.4 Å². The molecule has 0 aliphatic rings. The van der Waals surface area contributed by atoms with Crippen LogP contribution in [-0.2, 0) is 11.2 Å². The van der Waals surface area contributed by atoms with Crippen molar-refractivity contribution in [2.24, 2.45) is 0 Å². The number of rotatable bonds is 9. The second-order valence-corrected chi connectivity index (χ2v) is 7.68. The summed E-state index contributed by atoms with van der Waals surface area (Å²) in [5.41, 5.74) is 2.95. The highest BCUT2D eigenvalue weighted by atomic mass is 32.1. The number of hydrogen-bond acceptors (Lipinski definition) is 4. The molecule has 0 unspecified atom stereocenters. The molecule has 0 saturated heterocycles. The van der Waals surface area contributed by atoms with Gasteiger partial charge in [-0.1, -0.05) is 44.2 Å². The summed E-state index contributed by atoms with van der Waals surface area (Å²) in [6.45, 7) is 3.86. The third kappa shape index (κ3) is 5.55. The monoisotopic (exact) mass is 407 g/mol. The molecule has 0 radical (unpaired) electrons. The van der Waals surface area contributed by atoms with Crippen molar-refractivity contribution in [2.75, 3.05) is 6.61 Å². The van der Waals surface area contributed by atoms with Crippen LogP contribution in [0.2, 0.25) is 0 Å². The molecule has 0 bridgehead atoms. The lowest BCUT2D eigenvalue weighted by molar-refractivity contribution is -0.123. The van der Waals surface area contributed by atoms with E-state index in [0.717, 1.165) is 16.9 Å². The molecule has 4 nitrogen and oxygen atoms in total. The fourth-order valence-electron chi connectivity index (χ4n) is 3.01. The van der Waals surface area contributed by atoms with Crippen molar-refractivity contribution in [3.05, 3.63) is 87.6 Å². The zero-order valence-corrected chi connectivity index (χ0v) is 17.5. The molecule has 150 valence electrons. The van der Waals surface area contributed by atoms with Gasteiger partial charge in [0.05, 0.1) is 6.04 Å². The second-order valence-electron chi connectivity index (χ2n) is 6.70. The second kappa shape index (κ2) is 10.0. The van der Waals surface area contributed by atoms with Crippen LogP contribution in [0.5, 0.6) is 5.75 Å². The van der Waals surface area contributed by atoms with Gasteiger partial charge >= 0.3 is 0 Å². The number of hydrogen-bond donors (Lipinski definition) is 1. The van der Waals surface area contributed by atoms with E-state index >= 15 is 0 Å². The van der Waals surface area contributed by atoms with E-state index in [1.807, 2.05) is 24.4 Å². The van der Waals surface area contributed by atoms with Gasteiger partial charge in [-0.15, -0.1) is 11.3 Å². The Balaban J connectivity index is 1.65. The largest absolute Gasteiger partial charge is 0.484 e. The van der Waals surface area contributed by atoms with Crippen LogP contribution in [0.4, 0.5) is 0 Å². The number of amides is 1. The van der Waals surface area contributed by atoms with Crippen molar-refractivity contribution in [3.8, 4) is 5.75 Å². The maximum Gasteiger partial charge on any atom is 0.258 e. The lowest BCUT2D eigenvalue weighted by Gasteiger charge is -2.19. The summed E-state index contributed by atoms with van der Waals surface area (Å²) in [6, 6.07) is 19.0. The summed E-state index contributed by atoms with van der Waals surface area (Å²) in [4.78, 5) is 25.3. The number of aryl methyl sites for hydroxylation is 1. The fraction of sp³-hybridized carbons (Fsp3) is 0.250. The van der Waals surface area contributed by atoms with Crippen LogP contribution in [0.3, 0.4) is 0 Å². The molecule has 1 heterocycles. The quantitative estimate of drug-likeness (QED) is 0.497. The van der Waals surface area contributed by atoms with E-state index in [4.69, 9.17) is 4.74 Å². The highest BCUT2D eigenvalue weighted by molar-refractivity contribution is 7.10. The minimum absolute atomic E-state index is 0.0853. The van der Waals surface area contributed by atoms with Crippen molar-refractivity contribution < 1.29 is 14.3 Å². The van der Waals surface area contributed by atoms with E-state index in [0.29, 0.717) is 17.7 Å². The third-order valence-corrected chi connectivity index (χ3v) is 5.66. The van der Waals surface area contributed by atoms with Crippen molar-refractivity contribution >= 4 is 23.0 Å². The minimum atomic E-state index is -0.207. The van der Waals surface area contributed by atoms with Crippen LogP contribution in [-0.4, -0.2) is 18.3 Å². The van der Waals surface area contributed by atoms with Crippen molar-refractivity contribution in [2.45, 2.75) is 32.7 Å². The van der Waals surface area contributed by atoms with Gasteiger partial charge in [-0.25, -0.2) is 0 Å². The molecule has 1 atom stereocenters. The molecule has 1 N–H and O–H groups in total. The summed E-state index contributed by atoms with van der Waals surface area (Å²) >= 11 is 1.61. The van der Waals surface area contributed by atoms with Gasteiger partial charge in [0.25, 0.3) is 5.91 Å². The Morgan fingerprint density at radius 1 is 1.00 bits per heavy atom. The molecule has 1 aromatic heterocycles. The molecule has 0 aliphatic carbocycles. The summed E-state index contributed by atoms with van der Waals surface area (Å²) < 4.78 is 5.61. The summed E-state index contributed by atoms with van der Waals surface area (Å²) in [5.74, 6) is 0.451. The standard InChI is InChI=1S/C24H25NO3S/c1-3-17-7-9-19(10-8-17)24(22-6-5-15-29-22)25-23(27)16-28-20-13-11-18(12-14-20)21(26)4-2/h5-15,24H,3-4,16H2,1-2H3,(H,25,27)/t24-/m0/s1. The molecule has 1 amide bonds. The number of nitrogens with one attached hydrogen (secondary N) is 1. The van der Waals surface area contributed by atoms with Gasteiger partial charge in [0.1, 0.15) is 5.75 Å². The molecule has 0 aliphatic heterocycles. The molecule has 29 heavy (non-hydrogen) atoms. The van der Waals surface area contributed by atoms with Crippen LogP contribution in [0.1, 0.15) is 52.7 Å². The minimum Gasteiger partial charge on any atom is -0.484 e. The first-order valence-corrected chi connectivity index (χ1v) is 10.7. The normalized spacial score (nSPS) is 11.7. The van der Waals surface area contributed by atoms with Gasteiger partial charge in [-0.05, 0) is 53.3 Å². The molecule has 0 saturated carbocycles. The predicted octanol–water partition coefficient (Wildman–Crippen LogP) is 5.19. The zero-order chi connectivity index (χ0) is 20.6. The third-order valence-electron chi connectivity index (χ3n) is 4.72. The zero-order valence-electron chi connectivity index (χ0n) is 16.7. The van der Waals surface area contributed by atoms with E-state index in [2.05, 4.69) is 36.5 Å². The van der Waals surface area contributed by atoms with Gasteiger partial charge in [-0.3, -0.25) is 9.59 Å².